The first kappa shape index (κ1) is 24.8. The molecule has 7 nitrogen and oxygen atoms in total. The van der Waals surface area contributed by atoms with Crippen LogP contribution >= 0.6 is 27.5 Å². The number of nitrogens with one attached hydrogen (secondary N) is 2. The fourth-order valence-corrected chi connectivity index (χ4v) is 4.24. The second kappa shape index (κ2) is 10.5. The van der Waals surface area contributed by atoms with Gasteiger partial charge in [0.05, 0.1) is 21.8 Å². The van der Waals surface area contributed by atoms with E-state index in [1.807, 2.05) is 38.1 Å². The van der Waals surface area contributed by atoms with E-state index in [9.17, 15) is 14.4 Å². The van der Waals surface area contributed by atoms with Crippen molar-refractivity contribution in [3.05, 3.63) is 86.8 Å². The van der Waals surface area contributed by atoms with E-state index in [-0.39, 0.29) is 41.6 Å². The number of rotatable bonds is 6. The summed E-state index contributed by atoms with van der Waals surface area (Å²) in [6.45, 7) is 3.98. The number of para-hydroxylation sites is 1. The van der Waals surface area contributed by atoms with Gasteiger partial charge in [-0.25, -0.2) is 0 Å². The van der Waals surface area contributed by atoms with Crippen LogP contribution in [0.2, 0.25) is 5.02 Å². The summed E-state index contributed by atoms with van der Waals surface area (Å²) in [7, 11) is 0. The van der Waals surface area contributed by atoms with Gasteiger partial charge in [0, 0.05) is 22.6 Å². The van der Waals surface area contributed by atoms with Gasteiger partial charge in [-0.1, -0.05) is 43.6 Å². The van der Waals surface area contributed by atoms with Crippen molar-refractivity contribution in [1.82, 2.24) is 5.32 Å². The number of halogens is 2. The summed E-state index contributed by atoms with van der Waals surface area (Å²) < 4.78 is 6.54. The summed E-state index contributed by atoms with van der Waals surface area (Å²) >= 11 is 9.75. The number of hydrogen-bond donors (Lipinski definition) is 2. The Kier molecular flexibility index (Phi) is 7.42. The van der Waals surface area contributed by atoms with E-state index in [2.05, 4.69) is 26.6 Å². The summed E-state index contributed by atoms with van der Waals surface area (Å²) in [4.78, 5) is 39.6. The molecule has 0 atom stereocenters. The molecule has 0 radical (unpaired) electrons. The molecule has 0 aromatic heterocycles. The van der Waals surface area contributed by atoms with Crippen molar-refractivity contribution in [2.75, 3.05) is 16.9 Å². The van der Waals surface area contributed by atoms with Crippen molar-refractivity contribution in [3.63, 3.8) is 0 Å². The predicted octanol–water partition coefficient (Wildman–Crippen LogP) is 5.62. The zero-order valence-corrected chi connectivity index (χ0v) is 21.4. The zero-order chi connectivity index (χ0) is 25.1. The molecule has 0 saturated carbocycles. The van der Waals surface area contributed by atoms with Gasteiger partial charge in [-0.3, -0.25) is 19.3 Å². The third-order valence-electron chi connectivity index (χ3n) is 5.47. The summed E-state index contributed by atoms with van der Waals surface area (Å²) in [5.74, 6) is -0.450. The Balaban J connectivity index is 1.53. The first-order valence-corrected chi connectivity index (χ1v) is 12.1. The molecule has 2 N–H and O–H groups in total. The number of hydrogen-bond acceptors (Lipinski definition) is 4. The van der Waals surface area contributed by atoms with Gasteiger partial charge in [0.15, 0.2) is 6.73 Å². The highest BCUT2D eigenvalue weighted by atomic mass is 79.9. The maximum Gasteiger partial charge on any atom is 0.264 e. The molecule has 0 fully saturated rings. The van der Waals surface area contributed by atoms with Crippen LogP contribution in [-0.4, -0.2) is 24.5 Å². The molecule has 9 heteroatoms. The molecule has 3 aromatic rings. The molecule has 0 aliphatic carbocycles. The molecule has 1 aliphatic heterocycles. The summed E-state index contributed by atoms with van der Waals surface area (Å²) in [5, 5.41) is 5.90. The summed E-state index contributed by atoms with van der Waals surface area (Å²) in [5.41, 5.74) is 2.45. The first-order valence-electron chi connectivity index (χ1n) is 11.0. The average molecular weight is 557 g/mol. The molecule has 0 bridgehead atoms. The second-order valence-corrected chi connectivity index (χ2v) is 9.57. The number of carbonyl (C=O) groups is 3. The lowest BCUT2D eigenvalue weighted by atomic mass is 10.1. The van der Waals surface area contributed by atoms with Crippen LogP contribution in [0, 0.1) is 5.92 Å². The van der Waals surface area contributed by atoms with Crippen LogP contribution < -0.4 is 20.3 Å². The lowest BCUT2D eigenvalue weighted by Crippen LogP contribution is -2.39. The smallest absolute Gasteiger partial charge is 0.264 e. The number of carbonyl (C=O) groups excluding carboxylic acids is 3. The maximum absolute atomic E-state index is 13.2. The van der Waals surface area contributed by atoms with Gasteiger partial charge in [-0.05, 0) is 64.0 Å². The van der Waals surface area contributed by atoms with Gasteiger partial charge in [0.1, 0.15) is 5.75 Å². The fraction of sp³-hybridized carbons (Fsp3) is 0.192. The number of ether oxygens (including phenoxy) is 1. The van der Waals surface area contributed by atoms with Crippen molar-refractivity contribution >= 4 is 56.6 Å². The molecule has 180 valence electrons. The van der Waals surface area contributed by atoms with Crippen LogP contribution in [0.1, 0.15) is 40.1 Å². The highest BCUT2D eigenvalue weighted by Crippen LogP contribution is 2.34. The van der Waals surface area contributed by atoms with Crippen LogP contribution in [0.3, 0.4) is 0 Å². The quantitative estimate of drug-likeness (QED) is 0.412. The second-order valence-electron chi connectivity index (χ2n) is 8.31. The zero-order valence-electron chi connectivity index (χ0n) is 19.1. The van der Waals surface area contributed by atoms with Gasteiger partial charge in [-0.15, -0.1) is 0 Å². The van der Waals surface area contributed by atoms with E-state index in [0.717, 1.165) is 10.0 Å². The van der Waals surface area contributed by atoms with Gasteiger partial charge < -0.3 is 15.4 Å². The lowest BCUT2D eigenvalue weighted by molar-refractivity contribution is -0.124. The minimum atomic E-state index is -0.432. The van der Waals surface area contributed by atoms with Crippen LogP contribution in [0.5, 0.6) is 5.75 Å². The highest BCUT2D eigenvalue weighted by Gasteiger charge is 2.28. The third kappa shape index (κ3) is 5.49. The van der Waals surface area contributed by atoms with Gasteiger partial charge >= 0.3 is 0 Å². The van der Waals surface area contributed by atoms with Gasteiger partial charge in [0.25, 0.3) is 11.8 Å². The van der Waals surface area contributed by atoms with Crippen molar-refractivity contribution in [2.24, 2.45) is 5.92 Å². The van der Waals surface area contributed by atoms with E-state index < -0.39 is 5.91 Å². The van der Waals surface area contributed by atoms with Gasteiger partial charge in [0.2, 0.25) is 5.91 Å². The number of amides is 3. The Morgan fingerprint density at radius 2 is 1.89 bits per heavy atom. The van der Waals surface area contributed by atoms with Crippen LogP contribution in [0.15, 0.2) is 65.1 Å². The monoisotopic (exact) mass is 555 g/mol. The molecule has 0 unspecified atom stereocenters. The normalized spacial score (nSPS) is 12.7. The number of nitrogens with zero attached hydrogens (tertiary/aromatic N) is 1. The molecular weight excluding hydrogens is 534 g/mol. The molecule has 0 saturated heterocycles. The Morgan fingerprint density at radius 1 is 1.11 bits per heavy atom. The van der Waals surface area contributed by atoms with Gasteiger partial charge in [-0.2, -0.15) is 0 Å². The number of benzene rings is 3. The van der Waals surface area contributed by atoms with Crippen LogP contribution in [-0.2, 0) is 11.3 Å². The van der Waals surface area contributed by atoms with Crippen molar-refractivity contribution in [3.8, 4) is 5.75 Å². The molecule has 4 rings (SSSR count). The Bertz CT molecular complexity index is 1310. The lowest BCUT2D eigenvalue weighted by Gasteiger charge is -2.29. The molecule has 0 spiro atoms. The van der Waals surface area contributed by atoms with Crippen molar-refractivity contribution in [1.29, 1.82) is 0 Å². The van der Waals surface area contributed by atoms with Crippen LogP contribution in [0.4, 0.5) is 11.4 Å². The molecule has 3 aromatic carbocycles. The SMILES string of the molecule is CC(C)C(=O)NCc1ccc(Cl)c(C(=O)Nc2ccc3c(c2)C(=O)N(c2ccccc2Br)CO3)c1. The molecule has 1 heterocycles. The van der Waals surface area contributed by atoms with Crippen molar-refractivity contribution < 1.29 is 19.1 Å². The van der Waals surface area contributed by atoms with E-state index in [4.69, 9.17) is 16.3 Å². The van der Waals surface area contributed by atoms with E-state index in [0.29, 0.717) is 22.7 Å². The molecule has 1 aliphatic rings. The largest absolute Gasteiger partial charge is 0.472 e. The minimum Gasteiger partial charge on any atom is -0.472 e. The first-order chi connectivity index (χ1) is 16.7. The third-order valence-corrected chi connectivity index (χ3v) is 6.47. The summed E-state index contributed by atoms with van der Waals surface area (Å²) in [6, 6.07) is 17.3. The van der Waals surface area contributed by atoms with E-state index in [1.54, 1.807) is 36.4 Å². The number of fused-ring (bicyclic) bond motifs is 1. The number of anilines is 2. The maximum atomic E-state index is 13.2. The molecule has 35 heavy (non-hydrogen) atoms. The average Bonchev–Trinajstić information content (AvgIpc) is 2.84. The fourth-order valence-electron chi connectivity index (χ4n) is 3.54. The minimum absolute atomic E-state index is 0.0793. The Morgan fingerprint density at radius 3 is 2.63 bits per heavy atom. The van der Waals surface area contributed by atoms with Crippen LogP contribution in [0.25, 0.3) is 0 Å². The standard InChI is InChI=1S/C26H23BrClN3O4/c1-15(2)24(32)29-13-16-7-9-21(28)18(11-16)25(33)30-17-8-10-23-19(12-17)26(34)31(14-35-23)22-6-4-3-5-20(22)27/h3-12,15H,13-14H2,1-2H3,(H,29,32)(H,30,33). The van der Waals surface area contributed by atoms with E-state index >= 15 is 0 Å². The molecular formula is C26H23BrClN3O4. The summed E-state index contributed by atoms with van der Waals surface area (Å²) in [6.07, 6.45) is 0. The highest BCUT2D eigenvalue weighted by molar-refractivity contribution is 9.10. The Labute approximate surface area is 216 Å². The predicted molar refractivity (Wildman–Crippen MR) is 139 cm³/mol. The van der Waals surface area contributed by atoms with E-state index in [1.165, 1.54) is 4.90 Å². The molecule has 3 amide bonds. The topological polar surface area (TPSA) is 87.7 Å². The van der Waals surface area contributed by atoms with Crippen molar-refractivity contribution in [2.45, 2.75) is 20.4 Å². The Hall–Kier alpha value is -3.36.